The minimum Gasteiger partial charge on any atom is -0.370 e. The molecule has 5 heteroatoms. The number of ether oxygens (including phenoxy) is 1. The second kappa shape index (κ2) is 5.80. The summed E-state index contributed by atoms with van der Waals surface area (Å²) < 4.78 is 7.33. The average molecular weight is 331 g/mol. The molecular formula is C13H19BrN2OS. The Morgan fingerprint density at radius 3 is 2.39 bits per heavy atom. The molecule has 100 valence electrons. The smallest absolute Gasteiger partial charge is 0.144 e. The lowest BCUT2D eigenvalue weighted by molar-refractivity contribution is -0.0353. The summed E-state index contributed by atoms with van der Waals surface area (Å²) in [5.41, 5.74) is 0.737. The van der Waals surface area contributed by atoms with Crippen molar-refractivity contribution in [2.75, 3.05) is 7.11 Å². The fourth-order valence-corrected chi connectivity index (χ4v) is 3.06. The van der Waals surface area contributed by atoms with Crippen molar-refractivity contribution in [3.8, 4) is 0 Å². The molecule has 0 unspecified atom stereocenters. The van der Waals surface area contributed by atoms with Crippen LogP contribution >= 0.6 is 28.1 Å². The number of hydrogen-bond acceptors (Lipinski definition) is 3. The van der Waals surface area contributed by atoms with Gasteiger partial charge in [-0.05, 0) is 35.7 Å². The Bertz CT molecular complexity index is 478. The molecule has 1 aliphatic carbocycles. The van der Waals surface area contributed by atoms with Crippen molar-refractivity contribution in [2.45, 2.75) is 51.0 Å². The van der Waals surface area contributed by atoms with E-state index in [-0.39, 0.29) is 5.60 Å². The van der Waals surface area contributed by atoms with Crippen molar-refractivity contribution in [3.63, 3.8) is 0 Å². The van der Waals surface area contributed by atoms with E-state index in [1.54, 1.807) is 7.11 Å². The fourth-order valence-electron chi connectivity index (χ4n) is 2.62. The monoisotopic (exact) mass is 330 g/mol. The summed E-state index contributed by atoms with van der Waals surface area (Å²) >= 11 is 8.75. The highest BCUT2D eigenvalue weighted by Crippen LogP contribution is 2.37. The second-order valence-corrected chi connectivity index (χ2v) is 6.12. The van der Waals surface area contributed by atoms with Crippen LogP contribution < -0.4 is 0 Å². The van der Waals surface area contributed by atoms with E-state index in [0.717, 1.165) is 28.8 Å². The summed E-state index contributed by atoms with van der Waals surface area (Å²) in [4.78, 5) is 7.89. The predicted octanol–water partition coefficient (Wildman–Crippen LogP) is 4.41. The molecule has 1 N–H and O–H groups in total. The first-order valence-corrected chi connectivity index (χ1v) is 7.61. The maximum Gasteiger partial charge on any atom is 0.144 e. The van der Waals surface area contributed by atoms with Crippen molar-refractivity contribution in [1.82, 2.24) is 9.97 Å². The first-order valence-electron chi connectivity index (χ1n) is 6.41. The molecule has 18 heavy (non-hydrogen) atoms. The van der Waals surface area contributed by atoms with Gasteiger partial charge in [-0.1, -0.05) is 37.9 Å². The Morgan fingerprint density at radius 2 is 1.89 bits per heavy atom. The largest absolute Gasteiger partial charge is 0.370 e. The van der Waals surface area contributed by atoms with Crippen LogP contribution in [0.25, 0.3) is 0 Å². The Hall–Kier alpha value is -0.260. The molecule has 0 saturated heterocycles. The highest BCUT2D eigenvalue weighted by molar-refractivity contribution is 9.10. The quantitative estimate of drug-likeness (QED) is 0.644. The van der Waals surface area contributed by atoms with Gasteiger partial charge in [0.05, 0.1) is 4.47 Å². The van der Waals surface area contributed by atoms with E-state index < -0.39 is 0 Å². The van der Waals surface area contributed by atoms with Crippen LogP contribution in [0.3, 0.4) is 0 Å². The highest BCUT2D eigenvalue weighted by Gasteiger charge is 2.35. The second-order valence-electron chi connectivity index (χ2n) is 4.94. The molecular weight excluding hydrogens is 312 g/mol. The summed E-state index contributed by atoms with van der Waals surface area (Å²) in [5, 5.41) is 0. The van der Waals surface area contributed by atoms with Gasteiger partial charge in [-0.3, -0.25) is 0 Å². The van der Waals surface area contributed by atoms with Crippen molar-refractivity contribution < 1.29 is 4.74 Å². The molecule has 0 spiro atoms. The van der Waals surface area contributed by atoms with Crippen molar-refractivity contribution in [3.05, 3.63) is 20.6 Å². The predicted molar refractivity (Wildman–Crippen MR) is 78.2 cm³/mol. The number of rotatable bonds is 2. The summed E-state index contributed by atoms with van der Waals surface area (Å²) in [6.45, 7) is 2.01. The van der Waals surface area contributed by atoms with Crippen LogP contribution in [0.5, 0.6) is 0 Å². The SMILES string of the molecule is COC1(c2nc(=S)c(Br)c(C)[nH]2)CCCCCC1. The molecule has 0 amide bonds. The number of nitrogens with one attached hydrogen (secondary N) is 1. The van der Waals surface area contributed by atoms with Gasteiger partial charge in [-0.25, -0.2) is 4.98 Å². The first kappa shape index (κ1) is 14.2. The lowest BCUT2D eigenvalue weighted by atomic mass is 9.93. The molecule has 1 aliphatic rings. The van der Waals surface area contributed by atoms with E-state index in [0.29, 0.717) is 4.64 Å². The van der Waals surface area contributed by atoms with E-state index >= 15 is 0 Å². The summed E-state index contributed by atoms with van der Waals surface area (Å²) in [6.07, 6.45) is 6.96. The maximum absolute atomic E-state index is 5.84. The maximum atomic E-state index is 5.84. The molecule has 1 aromatic heterocycles. The zero-order chi connectivity index (χ0) is 13.2. The molecule has 0 aliphatic heterocycles. The van der Waals surface area contributed by atoms with Crippen LogP contribution in [-0.2, 0) is 10.3 Å². The Morgan fingerprint density at radius 1 is 1.28 bits per heavy atom. The van der Waals surface area contributed by atoms with Crippen LogP contribution in [-0.4, -0.2) is 17.1 Å². The molecule has 2 rings (SSSR count). The van der Waals surface area contributed by atoms with Crippen molar-refractivity contribution >= 4 is 28.1 Å². The number of H-pyrrole nitrogens is 1. The standard InChI is InChI=1S/C13H19BrN2OS/c1-9-10(14)11(18)16-12(15-9)13(17-2)7-5-3-4-6-8-13/h3-8H2,1-2H3,(H,15,16,18). The van der Waals surface area contributed by atoms with Crippen LogP contribution in [0.4, 0.5) is 0 Å². The van der Waals surface area contributed by atoms with Crippen LogP contribution in [0.1, 0.15) is 50.0 Å². The van der Waals surface area contributed by atoms with E-state index in [4.69, 9.17) is 17.0 Å². The minimum atomic E-state index is -0.282. The molecule has 1 aromatic rings. The number of halogens is 1. The van der Waals surface area contributed by atoms with E-state index in [2.05, 4.69) is 25.9 Å². The number of aromatic amines is 1. The first-order chi connectivity index (χ1) is 8.59. The van der Waals surface area contributed by atoms with Crippen molar-refractivity contribution in [1.29, 1.82) is 0 Å². The average Bonchev–Trinajstić information content (AvgIpc) is 2.61. The number of hydrogen-bond donors (Lipinski definition) is 1. The van der Waals surface area contributed by atoms with Crippen LogP contribution in [0, 0.1) is 11.6 Å². The van der Waals surface area contributed by atoms with E-state index in [1.165, 1.54) is 25.7 Å². The van der Waals surface area contributed by atoms with Crippen molar-refractivity contribution in [2.24, 2.45) is 0 Å². The zero-order valence-corrected chi connectivity index (χ0v) is 13.3. The number of methoxy groups -OCH3 is 1. The van der Waals surface area contributed by atoms with Crippen LogP contribution in [0.2, 0.25) is 0 Å². The molecule has 1 fully saturated rings. The topological polar surface area (TPSA) is 37.9 Å². The minimum absolute atomic E-state index is 0.282. The number of aromatic nitrogens is 2. The lowest BCUT2D eigenvalue weighted by Crippen LogP contribution is -2.30. The third-order valence-corrected chi connectivity index (χ3v) is 5.30. The normalized spacial score (nSPS) is 19.5. The van der Waals surface area contributed by atoms with Gasteiger partial charge in [0.2, 0.25) is 0 Å². The zero-order valence-electron chi connectivity index (χ0n) is 10.9. The summed E-state index contributed by atoms with van der Waals surface area (Å²) in [5.74, 6) is 0.887. The van der Waals surface area contributed by atoms with Gasteiger partial charge < -0.3 is 9.72 Å². The number of aryl methyl sites for hydroxylation is 1. The summed E-state index contributed by atoms with van der Waals surface area (Å²) in [6, 6.07) is 0. The highest BCUT2D eigenvalue weighted by atomic mass is 79.9. The number of nitrogens with zero attached hydrogens (tertiary/aromatic N) is 1. The third-order valence-electron chi connectivity index (χ3n) is 3.77. The molecule has 0 bridgehead atoms. The van der Waals surface area contributed by atoms with Gasteiger partial charge in [-0.15, -0.1) is 0 Å². The van der Waals surface area contributed by atoms with Crippen LogP contribution in [0.15, 0.2) is 4.47 Å². The summed E-state index contributed by atoms with van der Waals surface area (Å²) in [7, 11) is 1.78. The fraction of sp³-hybridized carbons (Fsp3) is 0.692. The van der Waals surface area contributed by atoms with Gasteiger partial charge in [0, 0.05) is 12.8 Å². The molecule has 1 heterocycles. The molecule has 3 nitrogen and oxygen atoms in total. The van der Waals surface area contributed by atoms with Gasteiger partial charge in [-0.2, -0.15) is 0 Å². The van der Waals surface area contributed by atoms with Gasteiger partial charge in [0.25, 0.3) is 0 Å². The Balaban J connectivity index is 2.46. The Kier molecular flexibility index (Phi) is 4.56. The lowest BCUT2D eigenvalue weighted by Gasteiger charge is -2.30. The van der Waals surface area contributed by atoms with Gasteiger partial charge in [0.1, 0.15) is 16.1 Å². The molecule has 0 aromatic carbocycles. The van der Waals surface area contributed by atoms with E-state index in [1.807, 2.05) is 6.92 Å². The molecule has 0 radical (unpaired) electrons. The third kappa shape index (κ3) is 2.68. The van der Waals surface area contributed by atoms with Gasteiger partial charge >= 0.3 is 0 Å². The molecule has 1 saturated carbocycles. The Labute approximate surface area is 121 Å². The molecule has 0 atom stereocenters. The van der Waals surface area contributed by atoms with Gasteiger partial charge in [0.15, 0.2) is 0 Å². The van der Waals surface area contributed by atoms with E-state index in [9.17, 15) is 0 Å².